The molecule has 0 nitrogen and oxygen atoms in total. The van der Waals surface area contributed by atoms with E-state index in [0.717, 1.165) is 12.1 Å². The molecular formula is C27H16F6. The third-order valence-electron chi connectivity index (χ3n) is 5.30. The SMILES string of the molecule is CC#Cc1cc2c(cc1C#CC)C(C(F)(F)F)(C(F)(F)F)c1cc(C#CC)c(C#CC)cc1-2. The highest BCUT2D eigenvalue weighted by Crippen LogP contribution is 2.64. The first-order valence-corrected chi connectivity index (χ1v) is 9.69. The van der Waals surface area contributed by atoms with Crippen molar-refractivity contribution in [1.82, 2.24) is 0 Å². The number of rotatable bonds is 0. The monoisotopic (exact) mass is 454 g/mol. The van der Waals surface area contributed by atoms with Gasteiger partial charge in [-0.2, -0.15) is 26.3 Å². The van der Waals surface area contributed by atoms with Crippen LogP contribution in [-0.4, -0.2) is 12.4 Å². The van der Waals surface area contributed by atoms with Gasteiger partial charge in [0, 0.05) is 22.3 Å². The largest absolute Gasteiger partial charge is 0.411 e. The van der Waals surface area contributed by atoms with Crippen molar-refractivity contribution < 1.29 is 26.3 Å². The Morgan fingerprint density at radius 1 is 0.515 bits per heavy atom. The van der Waals surface area contributed by atoms with Gasteiger partial charge in [0.1, 0.15) is 0 Å². The lowest BCUT2D eigenvalue weighted by Crippen LogP contribution is -2.53. The number of hydrogen-bond acceptors (Lipinski definition) is 0. The molecule has 166 valence electrons. The number of fused-ring (bicyclic) bond motifs is 3. The first-order chi connectivity index (χ1) is 15.5. The number of hydrogen-bond donors (Lipinski definition) is 0. The predicted molar refractivity (Wildman–Crippen MR) is 115 cm³/mol. The van der Waals surface area contributed by atoms with Gasteiger partial charge >= 0.3 is 12.4 Å². The van der Waals surface area contributed by atoms with Gasteiger partial charge in [0.25, 0.3) is 0 Å². The van der Waals surface area contributed by atoms with Crippen LogP contribution in [-0.2, 0) is 5.41 Å². The summed E-state index contributed by atoms with van der Waals surface area (Å²) < 4.78 is 87.3. The van der Waals surface area contributed by atoms with Gasteiger partial charge in [-0.1, -0.05) is 23.7 Å². The second kappa shape index (κ2) is 8.31. The van der Waals surface area contributed by atoms with Crippen molar-refractivity contribution in [1.29, 1.82) is 0 Å². The van der Waals surface area contributed by atoms with Crippen molar-refractivity contribution in [3.63, 3.8) is 0 Å². The summed E-state index contributed by atoms with van der Waals surface area (Å²) in [5.41, 5.74) is -5.99. The second-order valence-corrected chi connectivity index (χ2v) is 7.13. The highest BCUT2D eigenvalue weighted by atomic mass is 19.4. The molecular weight excluding hydrogens is 438 g/mol. The van der Waals surface area contributed by atoms with Crippen molar-refractivity contribution in [2.45, 2.75) is 45.5 Å². The summed E-state index contributed by atoms with van der Waals surface area (Å²) in [7, 11) is 0. The minimum absolute atomic E-state index is 0.00146. The van der Waals surface area contributed by atoms with Crippen molar-refractivity contribution in [3.8, 4) is 58.5 Å². The van der Waals surface area contributed by atoms with Gasteiger partial charge in [-0.25, -0.2) is 0 Å². The quantitative estimate of drug-likeness (QED) is 0.312. The van der Waals surface area contributed by atoms with Crippen LogP contribution in [0.3, 0.4) is 0 Å². The first-order valence-electron chi connectivity index (χ1n) is 9.69. The summed E-state index contributed by atoms with van der Waals surface area (Å²) >= 11 is 0. The van der Waals surface area contributed by atoms with E-state index in [2.05, 4.69) is 47.4 Å². The smallest absolute Gasteiger partial charge is 0.169 e. The molecule has 0 N–H and O–H groups in total. The highest BCUT2D eigenvalue weighted by molar-refractivity contribution is 5.86. The molecule has 0 bridgehead atoms. The Hall–Kier alpha value is -3.74. The number of halogens is 6. The Balaban J connectivity index is 2.65. The molecule has 0 fully saturated rings. The van der Waals surface area contributed by atoms with Gasteiger partial charge in [0.15, 0.2) is 0 Å². The van der Waals surface area contributed by atoms with E-state index >= 15 is 0 Å². The minimum Gasteiger partial charge on any atom is -0.169 e. The Kier molecular flexibility index (Phi) is 6.02. The average Bonchev–Trinajstić information content (AvgIpc) is 2.98. The van der Waals surface area contributed by atoms with Crippen LogP contribution in [0.5, 0.6) is 0 Å². The minimum atomic E-state index is -5.69. The average molecular weight is 454 g/mol. The first kappa shape index (κ1) is 23.9. The van der Waals surface area contributed by atoms with E-state index < -0.39 is 28.9 Å². The van der Waals surface area contributed by atoms with Gasteiger partial charge in [-0.05, 0) is 74.2 Å². The normalized spacial score (nSPS) is 13.0. The Bertz CT molecular complexity index is 1280. The zero-order valence-corrected chi connectivity index (χ0v) is 18.1. The molecule has 2 aromatic carbocycles. The Labute approximate surface area is 188 Å². The van der Waals surface area contributed by atoms with E-state index in [1.165, 1.54) is 39.8 Å². The molecule has 33 heavy (non-hydrogen) atoms. The van der Waals surface area contributed by atoms with Crippen LogP contribution in [0.15, 0.2) is 24.3 Å². The molecule has 6 heteroatoms. The van der Waals surface area contributed by atoms with Crippen LogP contribution in [0.4, 0.5) is 26.3 Å². The van der Waals surface area contributed by atoms with Crippen LogP contribution in [0, 0.1) is 47.4 Å². The van der Waals surface area contributed by atoms with Crippen LogP contribution >= 0.6 is 0 Å². The number of benzene rings is 2. The molecule has 0 saturated heterocycles. The summed E-state index contributed by atoms with van der Waals surface area (Å²) in [6, 6.07) is 4.22. The van der Waals surface area contributed by atoms with Crippen LogP contribution in [0.1, 0.15) is 61.1 Å². The fourth-order valence-electron chi connectivity index (χ4n) is 4.13. The zero-order chi connectivity index (χ0) is 24.6. The maximum Gasteiger partial charge on any atom is 0.411 e. The fourth-order valence-corrected chi connectivity index (χ4v) is 4.13. The molecule has 1 aliphatic rings. The van der Waals surface area contributed by atoms with Gasteiger partial charge in [-0.3, -0.25) is 0 Å². The van der Waals surface area contributed by atoms with Crippen LogP contribution < -0.4 is 0 Å². The lowest BCUT2D eigenvalue weighted by Gasteiger charge is -2.36. The third kappa shape index (κ3) is 3.53. The van der Waals surface area contributed by atoms with Gasteiger partial charge in [0.2, 0.25) is 5.41 Å². The topological polar surface area (TPSA) is 0 Å². The standard InChI is InChI=1S/C27H16F6/c1-5-9-17-13-21-22-14-18(10-6-2)20(12-8-4)16-24(22)25(26(28,29)30,27(31,32)33)23(21)15-19(17)11-7-3/h13-16H,1-4H3. The Morgan fingerprint density at radius 2 is 0.788 bits per heavy atom. The maximum absolute atomic E-state index is 14.6. The summed E-state index contributed by atoms with van der Waals surface area (Å²) in [5, 5.41) is 0. The molecule has 0 radical (unpaired) electrons. The van der Waals surface area contributed by atoms with Crippen molar-refractivity contribution >= 4 is 0 Å². The van der Waals surface area contributed by atoms with Crippen molar-refractivity contribution in [2.24, 2.45) is 0 Å². The second-order valence-electron chi connectivity index (χ2n) is 7.13. The predicted octanol–water partition coefficient (Wildman–Crippen LogP) is 6.56. The summed E-state index contributed by atoms with van der Waals surface area (Å²) in [5.74, 6) is 21.0. The van der Waals surface area contributed by atoms with E-state index in [-0.39, 0.29) is 33.4 Å². The van der Waals surface area contributed by atoms with Gasteiger partial charge in [0.05, 0.1) is 0 Å². The maximum atomic E-state index is 14.6. The Morgan fingerprint density at radius 3 is 1.03 bits per heavy atom. The van der Waals surface area contributed by atoms with Crippen molar-refractivity contribution in [3.05, 3.63) is 57.6 Å². The van der Waals surface area contributed by atoms with E-state index in [0.29, 0.717) is 0 Å². The lowest BCUT2D eigenvalue weighted by molar-refractivity contribution is -0.287. The van der Waals surface area contributed by atoms with Crippen LogP contribution in [0.2, 0.25) is 0 Å². The van der Waals surface area contributed by atoms with Crippen LogP contribution in [0.25, 0.3) is 11.1 Å². The van der Waals surface area contributed by atoms with E-state index in [1.807, 2.05) is 0 Å². The summed E-state index contributed by atoms with van der Waals surface area (Å²) in [6.45, 7) is 5.92. The van der Waals surface area contributed by atoms with E-state index in [1.54, 1.807) is 0 Å². The zero-order valence-electron chi connectivity index (χ0n) is 18.1. The molecule has 0 aromatic heterocycles. The summed E-state index contributed by atoms with van der Waals surface area (Å²) in [6.07, 6.45) is -11.4. The molecule has 0 amide bonds. The number of alkyl halides is 6. The molecule has 3 rings (SSSR count). The third-order valence-corrected chi connectivity index (χ3v) is 5.30. The van der Waals surface area contributed by atoms with Gasteiger partial charge in [-0.15, -0.1) is 23.7 Å². The molecule has 0 heterocycles. The van der Waals surface area contributed by atoms with E-state index in [4.69, 9.17) is 0 Å². The highest BCUT2D eigenvalue weighted by Gasteiger charge is 2.75. The van der Waals surface area contributed by atoms with Gasteiger partial charge < -0.3 is 0 Å². The molecule has 0 saturated carbocycles. The fraction of sp³-hybridized carbons (Fsp3) is 0.259. The molecule has 0 atom stereocenters. The molecule has 2 aromatic rings. The van der Waals surface area contributed by atoms with E-state index in [9.17, 15) is 26.3 Å². The molecule has 0 unspecified atom stereocenters. The molecule has 1 aliphatic carbocycles. The summed E-state index contributed by atoms with van der Waals surface area (Å²) in [4.78, 5) is 0. The van der Waals surface area contributed by atoms with Crippen molar-refractivity contribution in [2.75, 3.05) is 0 Å². The molecule has 0 spiro atoms. The molecule has 0 aliphatic heterocycles. The lowest BCUT2D eigenvalue weighted by atomic mass is 9.75.